The Morgan fingerprint density at radius 1 is 1.21 bits per heavy atom. The molecular weight excluding hydrogens is 441 g/mol. The van der Waals surface area contributed by atoms with Crippen LogP contribution in [-0.4, -0.2) is 25.7 Å². The lowest BCUT2D eigenvalue weighted by Crippen LogP contribution is -2.25. The number of methoxy groups -OCH3 is 1. The van der Waals surface area contributed by atoms with Gasteiger partial charge >= 0.3 is 0 Å². The third kappa shape index (κ3) is 6.45. The van der Waals surface area contributed by atoms with Crippen LogP contribution >= 0.6 is 35.6 Å². The summed E-state index contributed by atoms with van der Waals surface area (Å²) in [5.74, 6) is 1.75. The van der Waals surface area contributed by atoms with Gasteiger partial charge in [0.25, 0.3) is 0 Å². The van der Waals surface area contributed by atoms with Crippen LogP contribution in [0, 0.1) is 0 Å². The number of rotatable bonds is 6. The van der Waals surface area contributed by atoms with E-state index in [1.165, 1.54) is 0 Å². The SMILES string of the molecule is COc1ccc(NC(N)=NCC(C)Oc2ccccc2Cl)cc1.I. The molecule has 0 spiro atoms. The Kier molecular flexibility index (Phi) is 8.70. The van der Waals surface area contributed by atoms with Crippen LogP contribution in [0.1, 0.15) is 6.92 Å². The Hall–Kier alpha value is -1.67. The zero-order valence-corrected chi connectivity index (χ0v) is 16.6. The van der Waals surface area contributed by atoms with Crippen molar-refractivity contribution in [3.63, 3.8) is 0 Å². The van der Waals surface area contributed by atoms with E-state index < -0.39 is 0 Å². The highest BCUT2D eigenvalue weighted by Gasteiger charge is 2.06. The van der Waals surface area contributed by atoms with Gasteiger partial charge < -0.3 is 20.5 Å². The molecule has 0 fully saturated rings. The summed E-state index contributed by atoms with van der Waals surface area (Å²) in [6.07, 6.45) is -0.147. The average Bonchev–Trinajstić information content (AvgIpc) is 2.56. The smallest absolute Gasteiger partial charge is 0.193 e. The largest absolute Gasteiger partial charge is 0.497 e. The van der Waals surface area contributed by atoms with Gasteiger partial charge in [0.1, 0.15) is 17.6 Å². The number of para-hydroxylation sites is 1. The molecule has 0 aliphatic rings. The van der Waals surface area contributed by atoms with E-state index >= 15 is 0 Å². The zero-order valence-electron chi connectivity index (χ0n) is 13.5. The van der Waals surface area contributed by atoms with Gasteiger partial charge in [0.05, 0.1) is 18.7 Å². The Morgan fingerprint density at radius 2 is 1.88 bits per heavy atom. The summed E-state index contributed by atoms with van der Waals surface area (Å²) in [4.78, 5) is 4.27. The monoisotopic (exact) mass is 461 g/mol. The molecule has 1 unspecified atom stereocenters. The standard InChI is InChI=1S/C17H20ClN3O2.HI/c1-12(23-16-6-4-3-5-15(16)18)11-20-17(19)21-13-7-9-14(22-2)10-8-13;/h3-10,12H,11H2,1-2H3,(H3,19,20,21);1H. The molecule has 0 aromatic heterocycles. The van der Waals surface area contributed by atoms with Crippen molar-refractivity contribution in [3.8, 4) is 11.5 Å². The Balaban J connectivity index is 0.00000288. The molecule has 2 aromatic carbocycles. The molecule has 0 heterocycles. The van der Waals surface area contributed by atoms with Crippen LogP contribution in [0.2, 0.25) is 5.02 Å². The van der Waals surface area contributed by atoms with Crippen LogP contribution in [-0.2, 0) is 0 Å². The number of halogens is 2. The molecule has 2 aromatic rings. The molecule has 0 radical (unpaired) electrons. The van der Waals surface area contributed by atoms with E-state index in [1.54, 1.807) is 13.2 Å². The van der Waals surface area contributed by atoms with E-state index in [-0.39, 0.29) is 30.1 Å². The van der Waals surface area contributed by atoms with Gasteiger partial charge in [0, 0.05) is 5.69 Å². The van der Waals surface area contributed by atoms with Crippen molar-refractivity contribution in [2.45, 2.75) is 13.0 Å². The van der Waals surface area contributed by atoms with Gasteiger partial charge in [0.15, 0.2) is 5.96 Å². The minimum atomic E-state index is -0.147. The van der Waals surface area contributed by atoms with E-state index in [2.05, 4.69) is 10.3 Å². The zero-order chi connectivity index (χ0) is 16.7. The maximum atomic E-state index is 6.05. The van der Waals surface area contributed by atoms with Gasteiger partial charge in [-0.2, -0.15) is 0 Å². The molecule has 0 saturated heterocycles. The van der Waals surface area contributed by atoms with Crippen molar-refractivity contribution in [2.24, 2.45) is 10.7 Å². The summed E-state index contributed by atoms with van der Waals surface area (Å²) < 4.78 is 10.8. The van der Waals surface area contributed by atoms with Crippen LogP contribution in [0.3, 0.4) is 0 Å². The molecule has 0 amide bonds. The van der Waals surface area contributed by atoms with Crippen molar-refractivity contribution < 1.29 is 9.47 Å². The molecule has 0 saturated carbocycles. The Bertz CT molecular complexity index is 665. The fraction of sp³-hybridized carbons (Fsp3) is 0.235. The third-order valence-corrected chi connectivity index (χ3v) is 3.36. The van der Waals surface area contributed by atoms with Gasteiger partial charge in [-0.1, -0.05) is 23.7 Å². The molecule has 0 bridgehead atoms. The second-order valence-corrected chi connectivity index (χ2v) is 5.35. The maximum Gasteiger partial charge on any atom is 0.193 e. The quantitative estimate of drug-likeness (QED) is 0.385. The minimum Gasteiger partial charge on any atom is -0.497 e. The van der Waals surface area contributed by atoms with Crippen LogP contribution in [0.5, 0.6) is 11.5 Å². The first-order chi connectivity index (χ1) is 11.1. The molecule has 1 atom stereocenters. The highest BCUT2D eigenvalue weighted by molar-refractivity contribution is 14.0. The number of ether oxygens (including phenoxy) is 2. The van der Waals surface area contributed by atoms with Gasteiger partial charge in [-0.3, -0.25) is 0 Å². The number of anilines is 1. The predicted octanol–water partition coefficient (Wildman–Crippen LogP) is 4.16. The van der Waals surface area contributed by atoms with E-state index in [4.69, 9.17) is 26.8 Å². The highest BCUT2D eigenvalue weighted by atomic mass is 127. The van der Waals surface area contributed by atoms with E-state index in [9.17, 15) is 0 Å². The van der Waals surface area contributed by atoms with Gasteiger partial charge in [0.2, 0.25) is 0 Å². The van der Waals surface area contributed by atoms with Crippen LogP contribution in [0.4, 0.5) is 5.69 Å². The molecular formula is C17H21ClIN3O2. The molecule has 3 N–H and O–H groups in total. The van der Waals surface area contributed by atoms with Crippen molar-refractivity contribution in [1.82, 2.24) is 0 Å². The van der Waals surface area contributed by atoms with E-state index in [0.717, 1.165) is 11.4 Å². The first-order valence-corrected chi connectivity index (χ1v) is 7.58. The molecule has 7 heteroatoms. The molecule has 24 heavy (non-hydrogen) atoms. The number of guanidine groups is 1. The van der Waals surface area contributed by atoms with Crippen LogP contribution < -0.4 is 20.5 Å². The first kappa shape index (κ1) is 20.4. The molecule has 0 aliphatic heterocycles. The average molecular weight is 462 g/mol. The summed E-state index contributed by atoms with van der Waals surface area (Å²) in [5, 5.41) is 3.59. The highest BCUT2D eigenvalue weighted by Crippen LogP contribution is 2.24. The fourth-order valence-electron chi connectivity index (χ4n) is 1.88. The second-order valence-electron chi connectivity index (χ2n) is 4.94. The molecule has 5 nitrogen and oxygen atoms in total. The first-order valence-electron chi connectivity index (χ1n) is 7.20. The lowest BCUT2D eigenvalue weighted by Gasteiger charge is -2.14. The van der Waals surface area contributed by atoms with E-state index in [0.29, 0.717) is 23.3 Å². The number of aliphatic imine (C=N–C) groups is 1. The van der Waals surface area contributed by atoms with Gasteiger partial charge in [-0.15, -0.1) is 24.0 Å². The lowest BCUT2D eigenvalue weighted by molar-refractivity contribution is 0.230. The number of nitrogens with two attached hydrogens (primary N) is 1. The van der Waals surface area contributed by atoms with E-state index in [1.807, 2.05) is 49.4 Å². The van der Waals surface area contributed by atoms with Crippen molar-refractivity contribution in [3.05, 3.63) is 53.6 Å². The van der Waals surface area contributed by atoms with Gasteiger partial charge in [-0.25, -0.2) is 4.99 Å². The molecule has 2 rings (SSSR count). The van der Waals surface area contributed by atoms with Crippen molar-refractivity contribution in [2.75, 3.05) is 19.0 Å². The van der Waals surface area contributed by atoms with Crippen molar-refractivity contribution >= 4 is 47.2 Å². The number of hydrogen-bond acceptors (Lipinski definition) is 3. The summed E-state index contributed by atoms with van der Waals surface area (Å²) >= 11 is 6.05. The summed E-state index contributed by atoms with van der Waals surface area (Å²) in [6.45, 7) is 2.33. The molecule has 0 aliphatic carbocycles. The summed E-state index contributed by atoms with van der Waals surface area (Å²) in [6, 6.07) is 14.8. The van der Waals surface area contributed by atoms with Gasteiger partial charge in [-0.05, 0) is 43.3 Å². The summed E-state index contributed by atoms with van der Waals surface area (Å²) in [5.41, 5.74) is 6.71. The number of nitrogens with one attached hydrogen (secondary N) is 1. The van der Waals surface area contributed by atoms with Crippen molar-refractivity contribution in [1.29, 1.82) is 0 Å². The predicted molar refractivity (Wildman–Crippen MR) is 110 cm³/mol. The molecule has 130 valence electrons. The van der Waals surface area contributed by atoms with Crippen LogP contribution in [0.15, 0.2) is 53.5 Å². The topological polar surface area (TPSA) is 68.9 Å². The maximum absolute atomic E-state index is 6.05. The second kappa shape index (κ2) is 10.2. The van der Waals surface area contributed by atoms with Crippen LogP contribution in [0.25, 0.3) is 0 Å². The summed E-state index contributed by atoms with van der Waals surface area (Å²) in [7, 11) is 1.62. The third-order valence-electron chi connectivity index (χ3n) is 3.05. The Labute approximate surface area is 164 Å². The minimum absolute atomic E-state index is 0. The fourth-order valence-corrected chi connectivity index (χ4v) is 2.06. The number of hydrogen-bond donors (Lipinski definition) is 2. The number of benzene rings is 2. The normalized spacial score (nSPS) is 12.0. The number of nitrogens with zero attached hydrogens (tertiary/aromatic N) is 1. The Morgan fingerprint density at radius 3 is 2.50 bits per heavy atom. The lowest BCUT2D eigenvalue weighted by atomic mass is 10.3.